The van der Waals surface area contributed by atoms with E-state index in [2.05, 4.69) is 22.1 Å². The predicted molar refractivity (Wildman–Crippen MR) is 153 cm³/mol. The van der Waals surface area contributed by atoms with Gasteiger partial charge in [0, 0.05) is 67.9 Å². The minimum atomic E-state index is 0.0225. The summed E-state index contributed by atoms with van der Waals surface area (Å²) in [6.45, 7) is 3.98. The first-order chi connectivity index (χ1) is 17.9. The van der Waals surface area contributed by atoms with Crippen LogP contribution in [0.1, 0.15) is 22.3 Å². The van der Waals surface area contributed by atoms with Gasteiger partial charge in [-0.25, -0.2) is 0 Å². The highest BCUT2D eigenvalue weighted by atomic mass is 32.1. The van der Waals surface area contributed by atoms with Crippen LogP contribution in [-0.2, 0) is 0 Å². The first-order valence-corrected chi connectivity index (χ1v) is 12.6. The molecule has 0 unspecified atom stereocenters. The Kier molecular flexibility index (Phi) is 6.38. The van der Waals surface area contributed by atoms with Gasteiger partial charge >= 0.3 is 0 Å². The molecule has 0 spiro atoms. The van der Waals surface area contributed by atoms with Gasteiger partial charge in [0.05, 0.1) is 0 Å². The fourth-order valence-electron chi connectivity index (χ4n) is 4.83. The maximum absolute atomic E-state index is 8.34. The summed E-state index contributed by atoms with van der Waals surface area (Å²) in [7, 11) is 0. The number of nitrogen functional groups attached to an aromatic ring is 2. The Morgan fingerprint density at radius 2 is 1.03 bits per heavy atom. The topological polar surface area (TPSA) is 126 Å². The van der Waals surface area contributed by atoms with Crippen LogP contribution >= 0.6 is 11.3 Å². The number of nitrogens with two attached hydrogens (primary N) is 2. The van der Waals surface area contributed by atoms with Crippen molar-refractivity contribution in [2.45, 2.75) is 13.8 Å². The lowest BCUT2D eigenvalue weighted by Gasteiger charge is -2.16. The second kappa shape index (κ2) is 9.79. The Bertz CT molecular complexity index is 1520. The lowest BCUT2D eigenvalue weighted by molar-refractivity contribution is 1.31. The molecular formula is C30H26N6S. The van der Waals surface area contributed by atoms with Crippen molar-refractivity contribution in [1.82, 2.24) is 9.97 Å². The highest BCUT2D eigenvalue weighted by Gasteiger charge is 2.20. The third-order valence-corrected chi connectivity index (χ3v) is 7.70. The molecule has 0 bridgehead atoms. The van der Waals surface area contributed by atoms with Gasteiger partial charge in [0.15, 0.2) is 0 Å². The quantitative estimate of drug-likeness (QED) is 0.158. The van der Waals surface area contributed by atoms with E-state index in [1.54, 1.807) is 23.7 Å². The van der Waals surface area contributed by atoms with Crippen LogP contribution in [0.4, 0.5) is 0 Å². The molecule has 2 aromatic carbocycles. The van der Waals surface area contributed by atoms with Crippen molar-refractivity contribution in [2.75, 3.05) is 0 Å². The summed E-state index contributed by atoms with van der Waals surface area (Å²) in [6.07, 6.45) is 7.12. The third kappa shape index (κ3) is 4.41. The van der Waals surface area contributed by atoms with E-state index in [1.807, 2.05) is 74.8 Å². The molecule has 37 heavy (non-hydrogen) atoms. The Labute approximate surface area is 219 Å². The molecule has 0 aliphatic rings. The molecule has 5 rings (SSSR count). The molecule has 0 aliphatic carbocycles. The highest BCUT2D eigenvalue weighted by molar-refractivity contribution is 7.18. The molecule has 3 heterocycles. The maximum Gasteiger partial charge on any atom is 0.123 e. The van der Waals surface area contributed by atoms with Crippen molar-refractivity contribution < 1.29 is 0 Å². The predicted octanol–water partition coefficient (Wildman–Crippen LogP) is 6.39. The van der Waals surface area contributed by atoms with Crippen LogP contribution in [0.3, 0.4) is 0 Å². The largest absolute Gasteiger partial charge is 0.384 e. The molecule has 0 atom stereocenters. The number of amidine groups is 2. The number of hydrogen-bond donors (Lipinski definition) is 4. The van der Waals surface area contributed by atoms with E-state index in [9.17, 15) is 0 Å². The smallest absolute Gasteiger partial charge is 0.123 e. The summed E-state index contributed by atoms with van der Waals surface area (Å²) in [5.74, 6) is 0.0450. The molecule has 182 valence electrons. The third-order valence-electron chi connectivity index (χ3n) is 6.55. The lowest BCUT2D eigenvalue weighted by Crippen LogP contribution is -2.15. The molecule has 7 heteroatoms. The van der Waals surface area contributed by atoms with Gasteiger partial charge in [-0.2, -0.15) is 0 Å². The van der Waals surface area contributed by atoms with Crippen LogP contribution < -0.4 is 11.5 Å². The Hall–Kier alpha value is -4.62. The van der Waals surface area contributed by atoms with Crippen molar-refractivity contribution in [1.29, 1.82) is 10.8 Å². The van der Waals surface area contributed by atoms with Crippen molar-refractivity contribution in [3.8, 4) is 43.1 Å². The van der Waals surface area contributed by atoms with E-state index >= 15 is 0 Å². The summed E-state index contributed by atoms with van der Waals surface area (Å²) < 4.78 is 0. The Morgan fingerprint density at radius 3 is 1.38 bits per heavy atom. The standard InChI is InChI=1S/C30H26N6S/c1-17-21(19-5-3-13-35-15-19)7-9-23(27(17)29(31)32)25-11-12-26(37-25)24-10-8-22(18(2)28(24)30(33)34)20-6-4-14-36-16-20/h3-16H,1-2H3,(H3,31,32)(H3,33,34). The molecular weight excluding hydrogens is 476 g/mol. The minimum Gasteiger partial charge on any atom is -0.384 e. The van der Waals surface area contributed by atoms with Gasteiger partial charge in [0.25, 0.3) is 0 Å². The average molecular weight is 503 g/mol. The van der Waals surface area contributed by atoms with Crippen molar-refractivity contribution >= 4 is 23.0 Å². The molecule has 0 fully saturated rings. The van der Waals surface area contributed by atoms with Gasteiger partial charge in [-0.1, -0.05) is 36.4 Å². The average Bonchev–Trinajstić information content (AvgIpc) is 3.39. The molecule has 5 aromatic rings. The SMILES string of the molecule is Cc1c(-c2cccnc2)ccc(-c2ccc(-c3ccc(-c4cccnc4)c(C)c3C(=N)N)s2)c1C(=N)N. The molecule has 6 nitrogen and oxygen atoms in total. The zero-order valence-corrected chi connectivity index (χ0v) is 21.4. The molecule has 0 saturated heterocycles. The number of hydrogen-bond acceptors (Lipinski definition) is 5. The highest BCUT2D eigenvalue weighted by Crippen LogP contribution is 2.41. The van der Waals surface area contributed by atoms with Gasteiger partial charge in [-0.15, -0.1) is 11.3 Å². The van der Waals surface area contributed by atoms with E-state index in [0.717, 1.165) is 54.3 Å². The lowest BCUT2D eigenvalue weighted by atomic mass is 9.92. The minimum absolute atomic E-state index is 0.0225. The molecule has 0 saturated carbocycles. The van der Waals surface area contributed by atoms with Gasteiger partial charge in [-0.05, 0) is 60.4 Å². The summed E-state index contributed by atoms with van der Waals surface area (Å²) in [6, 6.07) is 20.0. The second-order valence-corrected chi connectivity index (χ2v) is 9.88. The van der Waals surface area contributed by atoms with Crippen LogP contribution in [0.5, 0.6) is 0 Å². The second-order valence-electron chi connectivity index (χ2n) is 8.80. The molecule has 0 radical (unpaired) electrons. The zero-order valence-electron chi connectivity index (χ0n) is 20.5. The summed E-state index contributed by atoms with van der Waals surface area (Å²) in [4.78, 5) is 10.5. The van der Waals surface area contributed by atoms with Crippen LogP contribution in [0.15, 0.2) is 85.5 Å². The number of benzene rings is 2. The molecule has 0 amide bonds. The van der Waals surface area contributed by atoms with E-state index in [-0.39, 0.29) is 11.7 Å². The van der Waals surface area contributed by atoms with E-state index in [4.69, 9.17) is 22.3 Å². The van der Waals surface area contributed by atoms with Crippen LogP contribution in [0, 0.1) is 24.7 Å². The first kappa shape index (κ1) is 24.1. The number of aromatic nitrogens is 2. The van der Waals surface area contributed by atoms with Gasteiger partial charge in [-0.3, -0.25) is 20.8 Å². The normalized spacial score (nSPS) is 10.9. The van der Waals surface area contributed by atoms with Gasteiger partial charge in [0.1, 0.15) is 11.7 Å². The number of rotatable bonds is 6. The van der Waals surface area contributed by atoms with Crippen LogP contribution in [0.25, 0.3) is 43.1 Å². The zero-order chi connectivity index (χ0) is 26.1. The number of nitrogens with zero attached hydrogens (tertiary/aromatic N) is 2. The number of nitrogens with one attached hydrogen (secondary N) is 2. The van der Waals surface area contributed by atoms with Crippen molar-refractivity contribution in [3.05, 3.63) is 108 Å². The first-order valence-electron chi connectivity index (χ1n) is 11.7. The molecule has 6 N–H and O–H groups in total. The van der Waals surface area contributed by atoms with E-state index in [0.29, 0.717) is 11.1 Å². The Balaban J connectivity index is 1.62. The fraction of sp³-hybridized carbons (Fsp3) is 0.0667. The number of pyridine rings is 2. The van der Waals surface area contributed by atoms with Gasteiger partial charge < -0.3 is 11.5 Å². The fourth-order valence-corrected chi connectivity index (χ4v) is 5.89. The molecule has 0 aliphatic heterocycles. The Morgan fingerprint density at radius 1 is 0.622 bits per heavy atom. The van der Waals surface area contributed by atoms with Crippen molar-refractivity contribution in [3.63, 3.8) is 0 Å². The van der Waals surface area contributed by atoms with Gasteiger partial charge in [0.2, 0.25) is 0 Å². The van der Waals surface area contributed by atoms with Crippen LogP contribution in [-0.4, -0.2) is 21.6 Å². The summed E-state index contributed by atoms with van der Waals surface area (Å²) in [5.41, 5.74) is 21.3. The summed E-state index contributed by atoms with van der Waals surface area (Å²) >= 11 is 1.59. The summed E-state index contributed by atoms with van der Waals surface area (Å²) in [5, 5.41) is 16.7. The maximum atomic E-state index is 8.34. The molecule has 3 aromatic heterocycles. The monoisotopic (exact) mass is 502 g/mol. The van der Waals surface area contributed by atoms with Crippen LogP contribution in [0.2, 0.25) is 0 Å². The van der Waals surface area contributed by atoms with Crippen molar-refractivity contribution in [2.24, 2.45) is 11.5 Å². The van der Waals surface area contributed by atoms with E-state index in [1.165, 1.54) is 0 Å². The van der Waals surface area contributed by atoms with E-state index < -0.39 is 0 Å². The number of thiophene rings is 1.